The molecule has 18 heavy (non-hydrogen) atoms. The number of aliphatic hydroxyl groups is 1. The Labute approximate surface area is 110 Å². The van der Waals surface area contributed by atoms with Gasteiger partial charge in [0, 0.05) is 12.8 Å². The second-order valence-corrected chi connectivity index (χ2v) is 4.53. The van der Waals surface area contributed by atoms with Crippen molar-refractivity contribution in [3.05, 3.63) is 58.3 Å². The van der Waals surface area contributed by atoms with Gasteiger partial charge in [0.05, 0.1) is 5.02 Å². The van der Waals surface area contributed by atoms with Crippen LogP contribution in [-0.2, 0) is 12.8 Å². The third-order valence-electron chi connectivity index (χ3n) is 2.77. The molecule has 0 saturated carbocycles. The third-order valence-corrected chi connectivity index (χ3v) is 3.06. The molecule has 1 heterocycles. The fourth-order valence-electron chi connectivity index (χ4n) is 1.75. The lowest BCUT2D eigenvalue weighted by Gasteiger charge is -2.08. The third kappa shape index (κ3) is 2.92. The Morgan fingerprint density at radius 2 is 2.11 bits per heavy atom. The van der Waals surface area contributed by atoms with Gasteiger partial charge in [-0.3, -0.25) is 0 Å². The summed E-state index contributed by atoms with van der Waals surface area (Å²) in [5.41, 5.74) is 0.767. The van der Waals surface area contributed by atoms with Crippen LogP contribution in [0, 0.1) is 5.82 Å². The first-order valence-electron chi connectivity index (χ1n) is 5.80. The van der Waals surface area contributed by atoms with E-state index in [2.05, 4.69) is 0 Å². The lowest BCUT2D eigenvalue weighted by atomic mass is 10.1. The van der Waals surface area contributed by atoms with E-state index in [1.54, 1.807) is 12.1 Å². The van der Waals surface area contributed by atoms with Gasteiger partial charge in [-0.05, 0) is 29.8 Å². The van der Waals surface area contributed by atoms with E-state index in [0.29, 0.717) is 12.2 Å². The molecule has 2 nitrogen and oxygen atoms in total. The van der Waals surface area contributed by atoms with Gasteiger partial charge in [-0.1, -0.05) is 24.6 Å². The van der Waals surface area contributed by atoms with Gasteiger partial charge in [-0.25, -0.2) is 4.39 Å². The summed E-state index contributed by atoms with van der Waals surface area (Å²) in [7, 11) is 0. The number of hydrogen-bond donors (Lipinski definition) is 1. The highest BCUT2D eigenvalue weighted by Crippen LogP contribution is 2.23. The Bertz CT molecular complexity index is 536. The standard InChI is InChI=1S/C14H14ClFO2/c1-2-10-4-6-14(18-10)13(17)8-9-3-5-12(16)11(15)7-9/h3-7,13,17H,2,8H2,1H3. The van der Waals surface area contributed by atoms with Crippen LogP contribution in [0.3, 0.4) is 0 Å². The molecule has 2 aromatic rings. The van der Waals surface area contributed by atoms with Crippen molar-refractivity contribution in [1.29, 1.82) is 0 Å². The van der Waals surface area contributed by atoms with Crippen LogP contribution in [-0.4, -0.2) is 5.11 Å². The molecular weight excluding hydrogens is 255 g/mol. The number of aryl methyl sites for hydroxylation is 1. The fourth-order valence-corrected chi connectivity index (χ4v) is 1.96. The SMILES string of the molecule is CCc1ccc(C(O)Cc2ccc(F)c(Cl)c2)o1. The molecule has 1 aromatic carbocycles. The Morgan fingerprint density at radius 3 is 2.72 bits per heavy atom. The molecule has 0 aliphatic heterocycles. The van der Waals surface area contributed by atoms with Crippen molar-refractivity contribution in [2.24, 2.45) is 0 Å². The van der Waals surface area contributed by atoms with Gasteiger partial charge in [0.1, 0.15) is 23.4 Å². The van der Waals surface area contributed by atoms with Gasteiger partial charge in [0.2, 0.25) is 0 Å². The maximum absolute atomic E-state index is 13.0. The van der Waals surface area contributed by atoms with Crippen LogP contribution in [0.1, 0.15) is 30.1 Å². The molecule has 0 spiro atoms. The second-order valence-electron chi connectivity index (χ2n) is 4.13. The predicted octanol–water partition coefficient (Wildman–Crippen LogP) is 3.91. The lowest BCUT2D eigenvalue weighted by molar-refractivity contribution is 0.148. The molecule has 0 radical (unpaired) electrons. The van der Waals surface area contributed by atoms with Crippen molar-refractivity contribution in [3.8, 4) is 0 Å². The van der Waals surface area contributed by atoms with E-state index < -0.39 is 11.9 Å². The van der Waals surface area contributed by atoms with Crippen LogP contribution in [0.5, 0.6) is 0 Å². The molecule has 0 fully saturated rings. The molecule has 1 aromatic heterocycles. The van der Waals surface area contributed by atoms with Crippen LogP contribution in [0.2, 0.25) is 5.02 Å². The largest absolute Gasteiger partial charge is 0.463 e. The highest BCUT2D eigenvalue weighted by atomic mass is 35.5. The van der Waals surface area contributed by atoms with E-state index >= 15 is 0 Å². The molecule has 2 rings (SSSR count). The van der Waals surface area contributed by atoms with Crippen LogP contribution in [0.25, 0.3) is 0 Å². The number of aliphatic hydroxyl groups excluding tert-OH is 1. The van der Waals surface area contributed by atoms with E-state index in [-0.39, 0.29) is 5.02 Å². The molecular formula is C14H14ClFO2. The van der Waals surface area contributed by atoms with Gasteiger partial charge >= 0.3 is 0 Å². The molecule has 1 atom stereocenters. The molecule has 0 aliphatic carbocycles. The molecule has 0 saturated heterocycles. The first-order valence-corrected chi connectivity index (χ1v) is 6.18. The highest BCUT2D eigenvalue weighted by Gasteiger charge is 2.13. The molecule has 4 heteroatoms. The van der Waals surface area contributed by atoms with Crippen molar-refractivity contribution < 1.29 is 13.9 Å². The van der Waals surface area contributed by atoms with Gasteiger partial charge in [-0.2, -0.15) is 0 Å². The van der Waals surface area contributed by atoms with E-state index in [4.69, 9.17) is 16.0 Å². The molecule has 0 amide bonds. The number of halogens is 2. The Morgan fingerprint density at radius 1 is 1.33 bits per heavy atom. The molecule has 0 aliphatic rings. The monoisotopic (exact) mass is 268 g/mol. The fraction of sp³-hybridized carbons (Fsp3) is 0.286. The first-order chi connectivity index (χ1) is 8.60. The number of rotatable bonds is 4. The Balaban J connectivity index is 2.10. The van der Waals surface area contributed by atoms with E-state index in [1.165, 1.54) is 12.1 Å². The van der Waals surface area contributed by atoms with Crippen molar-refractivity contribution in [1.82, 2.24) is 0 Å². The lowest BCUT2D eigenvalue weighted by Crippen LogP contribution is -2.00. The minimum Gasteiger partial charge on any atom is -0.463 e. The zero-order valence-electron chi connectivity index (χ0n) is 9.99. The summed E-state index contributed by atoms with van der Waals surface area (Å²) in [6.45, 7) is 1.98. The predicted molar refractivity (Wildman–Crippen MR) is 68.2 cm³/mol. The number of benzene rings is 1. The zero-order valence-corrected chi connectivity index (χ0v) is 10.7. The Kier molecular flexibility index (Phi) is 4.04. The topological polar surface area (TPSA) is 33.4 Å². The Hall–Kier alpha value is -1.32. The summed E-state index contributed by atoms with van der Waals surface area (Å²) in [6, 6.07) is 8.02. The maximum atomic E-state index is 13.0. The molecule has 96 valence electrons. The molecule has 0 bridgehead atoms. The number of furan rings is 1. The summed E-state index contributed by atoms with van der Waals surface area (Å²) in [5.74, 6) is 0.898. The smallest absolute Gasteiger partial charge is 0.141 e. The minimum absolute atomic E-state index is 0.0633. The van der Waals surface area contributed by atoms with Gasteiger partial charge in [-0.15, -0.1) is 0 Å². The summed E-state index contributed by atoms with van der Waals surface area (Å²) in [5, 5.41) is 10.1. The summed E-state index contributed by atoms with van der Waals surface area (Å²) in [6.07, 6.45) is 0.387. The quantitative estimate of drug-likeness (QED) is 0.912. The molecule has 1 unspecified atom stereocenters. The zero-order chi connectivity index (χ0) is 13.1. The van der Waals surface area contributed by atoms with E-state index in [0.717, 1.165) is 17.7 Å². The van der Waals surface area contributed by atoms with Gasteiger partial charge in [0.15, 0.2) is 0 Å². The average molecular weight is 269 g/mol. The van der Waals surface area contributed by atoms with E-state index in [9.17, 15) is 9.50 Å². The van der Waals surface area contributed by atoms with Crippen LogP contribution in [0.4, 0.5) is 4.39 Å². The van der Waals surface area contributed by atoms with Crippen molar-refractivity contribution in [3.63, 3.8) is 0 Å². The normalized spacial score (nSPS) is 12.7. The average Bonchev–Trinajstić information content (AvgIpc) is 2.82. The summed E-state index contributed by atoms with van der Waals surface area (Å²) < 4.78 is 18.5. The van der Waals surface area contributed by atoms with Crippen LogP contribution < -0.4 is 0 Å². The summed E-state index contributed by atoms with van der Waals surface area (Å²) in [4.78, 5) is 0. The van der Waals surface area contributed by atoms with Crippen molar-refractivity contribution in [2.75, 3.05) is 0 Å². The van der Waals surface area contributed by atoms with Crippen LogP contribution in [0.15, 0.2) is 34.7 Å². The minimum atomic E-state index is -0.744. The summed E-state index contributed by atoms with van der Waals surface area (Å²) >= 11 is 5.69. The van der Waals surface area contributed by atoms with E-state index in [1.807, 2.05) is 13.0 Å². The van der Waals surface area contributed by atoms with Gasteiger partial charge in [0.25, 0.3) is 0 Å². The van der Waals surface area contributed by atoms with Crippen molar-refractivity contribution in [2.45, 2.75) is 25.9 Å². The maximum Gasteiger partial charge on any atom is 0.141 e. The molecule has 1 N–H and O–H groups in total. The number of hydrogen-bond acceptors (Lipinski definition) is 2. The van der Waals surface area contributed by atoms with Crippen LogP contribution >= 0.6 is 11.6 Å². The second kappa shape index (κ2) is 5.55. The first kappa shape index (κ1) is 13.1. The van der Waals surface area contributed by atoms with Gasteiger partial charge < -0.3 is 9.52 Å². The van der Waals surface area contributed by atoms with Crippen molar-refractivity contribution >= 4 is 11.6 Å². The highest BCUT2D eigenvalue weighted by molar-refractivity contribution is 6.30.